The van der Waals surface area contributed by atoms with E-state index in [1.807, 2.05) is 6.92 Å². The van der Waals surface area contributed by atoms with E-state index in [1.54, 1.807) is 6.92 Å². The predicted octanol–water partition coefficient (Wildman–Crippen LogP) is 4.09. The van der Waals surface area contributed by atoms with Gasteiger partial charge in [0.05, 0.1) is 16.0 Å². The quantitative estimate of drug-likeness (QED) is 0.780. The molecule has 1 aliphatic rings. The van der Waals surface area contributed by atoms with Gasteiger partial charge in [0.15, 0.2) is 5.16 Å². The van der Waals surface area contributed by atoms with E-state index >= 15 is 0 Å². The van der Waals surface area contributed by atoms with Crippen LogP contribution in [0.25, 0.3) is 0 Å². The highest BCUT2D eigenvalue weighted by Crippen LogP contribution is 2.40. The molecule has 1 heterocycles. The molecule has 1 fully saturated rings. The van der Waals surface area contributed by atoms with E-state index in [1.165, 1.54) is 30.0 Å². The smallest absolute Gasteiger partial charge is 0.237 e. The van der Waals surface area contributed by atoms with Crippen molar-refractivity contribution in [2.24, 2.45) is 0 Å². The first-order valence-corrected chi connectivity index (χ1v) is 9.11. The van der Waals surface area contributed by atoms with Crippen molar-refractivity contribution in [1.29, 1.82) is 0 Å². The van der Waals surface area contributed by atoms with Crippen LogP contribution in [0.5, 0.6) is 0 Å². The number of carbonyl (C=O) groups excluding carboxylic acids is 1. The van der Waals surface area contributed by atoms with Gasteiger partial charge in [0.1, 0.15) is 11.6 Å². The zero-order valence-electron chi connectivity index (χ0n) is 13.4. The highest BCUT2D eigenvalue weighted by atomic mass is 35.5. The summed E-state index contributed by atoms with van der Waals surface area (Å²) >= 11 is 7.30. The summed E-state index contributed by atoms with van der Waals surface area (Å²) in [5.74, 6) is 0.861. The Bertz CT molecular complexity index is 763. The average Bonchev–Trinajstić information content (AvgIpc) is 3.31. The number of carbonyl (C=O) groups is 1. The topological polar surface area (TPSA) is 59.8 Å². The summed E-state index contributed by atoms with van der Waals surface area (Å²) in [6.45, 7) is 4.62. The number of aromatic nitrogens is 3. The fourth-order valence-corrected chi connectivity index (χ4v) is 3.50. The Kier molecular flexibility index (Phi) is 5.10. The highest BCUT2D eigenvalue weighted by molar-refractivity contribution is 8.00. The number of hydrogen-bond donors (Lipinski definition) is 1. The molecule has 1 atom stereocenters. The summed E-state index contributed by atoms with van der Waals surface area (Å²) in [5.41, 5.74) is 0.395. The van der Waals surface area contributed by atoms with Gasteiger partial charge in [0, 0.05) is 12.5 Å². The number of benzene rings is 1. The Balaban J connectivity index is 1.68. The standard InChI is InChI=1S/C16H18ClFN4OS/c1-3-22-14(10-4-5-10)20-21-16(22)24-9(2)15(23)19-13-7-6-11(18)8-12(13)17/h6-10H,3-5H2,1-2H3,(H,19,23)/t9-/m1/s1. The maximum absolute atomic E-state index is 13.1. The van der Waals surface area contributed by atoms with Crippen LogP contribution in [-0.4, -0.2) is 25.9 Å². The lowest BCUT2D eigenvalue weighted by Gasteiger charge is -2.13. The summed E-state index contributed by atoms with van der Waals surface area (Å²) < 4.78 is 15.1. The van der Waals surface area contributed by atoms with Crippen LogP contribution in [0.2, 0.25) is 5.02 Å². The fourth-order valence-electron chi connectivity index (χ4n) is 2.36. The van der Waals surface area contributed by atoms with Crippen molar-refractivity contribution in [2.75, 3.05) is 5.32 Å². The molecular weight excluding hydrogens is 351 g/mol. The maximum Gasteiger partial charge on any atom is 0.237 e. The number of rotatable bonds is 6. The Morgan fingerprint density at radius 3 is 2.88 bits per heavy atom. The van der Waals surface area contributed by atoms with Crippen LogP contribution < -0.4 is 5.32 Å². The van der Waals surface area contributed by atoms with Crippen molar-refractivity contribution in [2.45, 2.75) is 49.6 Å². The van der Waals surface area contributed by atoms with Crippen LogP contribution in [0.1, 0.15) is 38.4 Å². The van der Waals surface area contributed by atoms with Gasteiger partial charge >= 0.3 is 0 Å². The van der Waals surface area contributed by atoms with Crippen LogP contribution in [0.4, 0.5) is 10.1 Å². The van der Waals surface area contributed by atoms with Gasteiger partial charge < -0.3 is 9.88 Å². The van der Waals surface area contributed by atoms with E-state index in [0.29, 0.717) is 11.6 Å². The van der Waals surface area contributed by atoms with E-state index in [-0.39, 0.29) is 16.2 Å². The second kappa shape index (κ2) is 7.11. The first-order valence-electron chi connectivity index (χ1n) is 7.85. The summed E-state index contributed by atoms with van der Waals surface area (Å²) in [6.07, 6.45) is 2.31. The van der Waals surface area contributed by atoms with Crippen molar-refractivity contribution in [1.82, 2.24) is 14.8 Å². The minimum atomic E-state index is -0.441. The van der Waals surface area contributed by atoms with Gasteiger partial charge in [-0.25, -0.2) is 4.39 Å². The normalized spacial score (nSPS) is 15.3. The van der Waals surface area contributed by atoms with E-state index in [0.717, 1.165) is 30.4 Å². The third-order valence-corrected chi connectivity index (χ3v) is 5.24. The van der Waals surface area contributed by atoms with Gasteiger partial charge in [-0.05, 0) is 44.9 Å². The lowest BCUT2D eigenvalue weighted by atomic mass is 10.3. The lowest BCUT2D eigenvalue weighted by Crippen LogP contribution is -2.23. The molecule has 8 heteroatoms. The van der Waals surface area contributed by atoms with Gasteiger partial charge in [-0.1, -0.05) is 23.4 Å². The number of hydrogen-bond acceptors (Lipinski definition) is 4. The third-order valence-electron chi connectivity index (χ3n) is 3.84. The summed E-state index contributed by atoms with van der Waals surface area (Å²) in [5, 5.41) is 11.8. The lowest BCUT2D eigenvalue weighted by molar-refractivity contribution is -0.115. The largest absolute Gasteiger partial charge is 0.324 e. The molecule has 1 saturated carbocycles. The van der Waals surface area contributed by atoms with Crippen LogP contribution in [0.3, 0.4) is 0 Å². The Morgan fingerprint density at radius 2 is 2.25 bits per heavy atom. The molecule has 0 spiro atoms. The molecule has 0 saturated heterocycles. The zero-order chi connectivity index (χ0) is 17.3. The molecule has 1 N–H and O–H groups in total. The maximum atomic E-state index is 13.1. The summed E-state index contributed by atoms with van der Waals surface area (Å²) in [6, 6.07) is 3.88. The number of nitrogens with zero attached hydrogens (tertiary/aromatic N) is 3. The van der Waals surface area contributed by atoms with E-state index in [2.05, 4.69) is 20.1 Å². The first-order chi connectivity index (χ1) is 11.5. The van der Waals surface area contributed by atoms with Crippen molar-refractivity contribution in [3.63, 3.8) is 0 Å². The molecule has 1 aromatic carbocycles. The van der Waals surface area contributed by atoms with Gasteiger partial charge in [0.2, 0.25) is 5.91 Å². The summed E-state index contributed by atoms with van der Waals surface area (Å²) in [7, 11) is 0. The van der Waals surface area contributed by atoms with E-state index in [4.69, 9.17) is 11.6 Å². The van der Waals surface area contributed by atoms with Crippen LogP contribution >= 0.6 is 23.4 Å². The first kappa shape index (κ1) is 17.2. The second-order valence-corrected chi connectivity index (χ2v) is 7.45. The Labute approximate surface area is 149 Å². The zero-order valence-corrected chi connectivity index (χ0v) is 15.0. The molecular formula is C16H18ClFN4OS. The van der Waals surface area contributed by atoms with Gasteiger partial charge in [-0.3, -0.25) is 4.79 Å². The van der Waals surface area contributed by atoms with E-state index in [9.17, 15) is 9.18 Å². The molecule has 5 nitrogen and oxygen atoms in total. The van der Waals surface area contributed by atoms with Crippen LogP contribution in [0, 0.1) is 5.82 Å². The molecule has 1 aliphatic carbocycles. The highest BCUT2D eigenvalue weighted by Gasteiger charge is 2.30. The molecule has 2 aromatic rings. The molecule has 128 valence electrons. The Morgan fingerprint density at radius 1 is 1.50 bits per heavy atom. The molecule has 24 heavy (non-hydrogen) atoms. The number of amides is 1. The number of halogens is 2. The van der Waals surface area contributed by atoms with Crippen LogP contribution in [-0.2, 0) is 11.3 Å². The van der Waals surface area contributed by atoms with Crippen molar-refractivity contribution in [3.8, 4) is 0 Å². The van der Waals surface area contributed by atoms with Crippen molar-refractivity contribution in [3.05, 3.63) is 34.9 Å². The third kappa shape index (κ3) is 3.72. The molecule has 0 unspecified atom stereocenters. The minimum absolute atomic E-state index is 0.174. The molecule has 0 bridgehead atoms. The molecule has 0 radical (unpaired) electrons. The Hall–Kier alpha value is -1.60. The fraction of sp³-hybridized carbons (Fsp3) is 0.438. The number of thioether (sulfide) groups is 1. The number of anilines is 1. The average molecular weight is 369 g/mol. The molecule has 1 aromatic heterocycles. The van der Waals surface area contributed by atoms with Gasteiger partial charge in [-0.15, -0.1) is 10.2 Å². The van der Waals surface area contributed by atoms with Crippen LogP contribution in [0.15, 0.2) is 23.4 Å². The van der Waals surface area contributed by atoms with Gasteiger partial charge in [-0.2, -0.15) is 0 Å². The van der Waals surface area contributed by atoms with Crippen molar-refractivity contribution >= 4 is 35.0 Å². The monoisotopic (exact) mass is 368 g/mol. The second-order valence-electron chi connectivity index (χ2n) is 5.73. The van der Waals surface area contributed by atoms with Crippen molar-refractivity contribution < 1.29 is 9.18 Å². The predicted molar refractivity (Wildman–Crippen MR) is 93.0 cm³/mol. The molecule has 1 amide bonds. The SMILES string of the molecule is CCn1c(S[C@H](C)C(=O)Nc2ccc(F)cc2Cl)nnc1C1CC1. The molecule has 0 aliphatic heterocycles. The van der Waals surface area contributed by atoms with Gasteiger partial charge in [0.25, 0.3) is 0 Å². The number of nitrogens with one attached hydrogen (secondary N) is 1. The minimum Gasteiger partial charge on any atom is -0.324 e. The summed E-state index contributed by atoms with van der Waals surface area (Å²) in [4.78, 5) is 12.4. The van der Waals surface area contributed by atoms with E-state index < -0.39 is 5.82 Å². The molecule has 3 rings (SSSR count).